The summed E-state index contributed by atoms with van der Waals surface area (Å²) in [6.45, 7) is 12.6. The van der Waals surface area contributed by atoms with Crippen LogP contribution in [0.3, 0.4) is 0 Å². The van der Waals surface area contributed by atoms with Gasteiger partial charge in [0.15, 0.2) is 0 Å². The Labute approximate surface area is 169 Å². The van der Waals surface area contributed by atoms with E-state index in [-0.39, 0.29) is 34.7 Å². The van der Waals surface area contributed by atoms with Gasteiger partial charge in [-0.3, -0.25) is 4.79 Å². The molecule has 10 atom stereocenters. The molecule has 4 nitrogen and oxygen atoms in total. The molecule has 4 unspecified atom stereocenters. The lowest BCUT2D eigenvalue weighted by Gasteiger charge is -2.63. The molecule has 0 radical (unpaired) electrons. The molecule has 4 fully saturated rings. The second-order valence-corrected chi connectivity index (χ2v) is 10.9. The van der Waals surface area contributed by atoms with Crippen LogP contribution in [0.15, 0.2) is 12.2 Å². The predicted octanol–water partition coefficient (Wildman–Crippen LogP) is 4.09. The number of fused-ring (bicyclic) bond motifs is 5. The molecule has 0 bridgehead atoms. The molecular weight excluding hydrogens is 352 g/mol. The number of carbonyl (C=O) groups excluding carboxylic acids is 1. The van der Waals surface area contributed by atoms with E-state index in [0.717, 1.165) is 32.1 Å². The molecule has 4 saturated carbocycles. The topological polar surface area (TPSA) is 66.8 Å². The molecular formula is C24H38O4. The van der Waals surface area contributed by atoms with Crippen LogP contribution in [0.1, 0.15) is 72.6 Å². The largest absolute Gasteiger partial charge is 0.463 e. The Morgan fingerprint density at radius 3 is 2.21 bits per heavy atom. The van der Waals surface area contributed by atoms with Gasteiger partial charge < -0.3 is 14.9 Å². The van der Waals surface area contributed by atoms with Gasteiger partial charge in [0, 0.05) is 6.92 Å². The van der Waals surface area contributed by atoms with Gasteiger partial charge in [-0.2, -0.15) is 0 Å². The van der Waals surface area contributed by atoms with Crippen molar-refractivity contribution in [2.75, 3.05) is 0 Å². The summed E-state index contributed by atoms with van der Waals surface area (Å²) >= 11 is 0. The van der Waals surface area contributed by atoms with Crippen LogP contribution in [-0.4, -0.2) is 34.5 Å². The number of allylic oxidation sites excluding steroid dienone is 1. The smallest absolute Gasteiger partial charge is 0.302 e. The van der Waals surface area contributed by atoms with Crippen LogP contribution in [0.5, 0.6) is 0 Å². The molecule has 4 aliphatic carbocycles. The Morgan fingerprint density at radius 2 is 1.57 bits per heavy atom. The first-order chi connectivity index (χ1) is 13.1. The van der Waals surface area contributed by atoms with Gasteiger partial charge in [0.1, 0.15) is 6.10 Å². The van der Waals surface area contributed by atoms with E-state index in [2.05, 4.69) is 27.4 Å². The highest BCUT2D eigenvalue weighted by Crippen LogP contribution is 2.68. The third kappa shape index (κ3) is 2.81. The molecule has 0 aromatic rings. The zero-order valence-electron chi connectivity index (χ0n) is 18.0. The number of hydrogen-bond acceptors (Lipinski definition) is 4. The van der Waals surface area contributed by atoms with Gasteiger partial charge in [0.25, 0.3) is 0 Å². The van der Waals surface area contributed by atoms with E-state index >= 15 is 0 Å². The van der Waals surface area contributed by atoms with Crippen molar-refractivity contribution >= 4 is 5.97 Å². The van der Waals surface area contributed by atoms with Crippen molar-refractivity contribution in [2.45, 2.75) is 91.0 Å². The van der Waals surface area contributed by atoms with Crippen molar-refractivity contribution in [2.24, 2.45) is 40.4 Å². The van der Waals surface area contributed by atoms with Crippen molar-refractivity contribution < 1.29 is 19.7 Å². The molecule has 28 heavy (non-hydrogen) atoms. The van der Waals surface area contributed by atoms with Crippen molar-refractivity contribution in [3.8, 4) is 0 Å². The Hall–Kier alpha value is -0.870. The fourth-order valence-corrected chi connectivity index (χ4v) is 8.37. The third-order valence-electron chi connectivity index (χ3n) is 9.63. The van der Waals surface area contributed by atoms with Gasteiger partial charge in [0.2, 0.25) is 0 Å². The van der Waals surface area contributed by atoms with E-state index in [1.54, 1.807) is 0 Å². The first-order valence-corrected chi connectivity index (χ1v) is 11.3. The highest BCUT2D eigenvalue weighted by Gasteiger charge is 2.65. The molecule has 4 rings (SSSR count). The lowest BCUT2D eigenvalue weighted by molar-refractivity contribution is -0.224. The number of hydrogen-bond donors (Lipinski definition) is 2. The van der Waals surface area contributed by atoms with Crippen LogP contribution in [0, 0.1) is 40.4 Å². The number of rotatable bonds is 2. The van der Waals surface area contributed by atoms with Gasteiger partial charge in [-0.05, 0) is 92.3 Å². The molecule has 0 spiro atoms. The van der Waals surface area contributed by atoms with Crippen LogP contribution in [0.2, 0.25) is 0 Å². The summed E-state index contributed by atoms with van der Waals surface area (Å²) in [5.41, 5.74) is 1.49. The zero-order chi connectivity index (χ0) is 20.4. The molecule has 0 aliphatic heterocycles. The van der Waals surface area contributed by atoms with E-state index in [9.17, 15) is 15.0 Å². The van der Waals surface area contributed by atoms with Crippen LogP contribution in [0.25, 0.3) is 0 Å². The maximum atomic E-state index is 11.4. The molecule has 0 aromatic heterocycles. The second kappa shape index (κ2) is 6.84. The lowest BCUT2D eigenvalue weighted by Crippen LogP contribution is -2.64. The zero-order valence-corrected chi connectivity index (χ0v) is 18.0. The molecule has 0 aromatic carbocycles. The molecule has 2 N–H and O–H groups in total. The predicted molar refractivity (Wildman–Crippen MR) is 108 cm³/mol. The standard InChI is InChI=1S/C24H38O4/c1-13(2)16-6-7-17-20-18(9-11-23(16,17)4)24(5)10-8-15(28-14(3)25)12-19(24)21(26)22(20)27/h15-22,26-27H,1,6-12H2,2-5H3/t15-,16+,17?,18?,19?,20?,21+,22+,23+,24+/m0/s1. The van der Waals surface area contributed by atoms with Gasteiger partial charge in [-0.15, -0.1) is 0 Å². The van der Waals surface area contributed by atoms with Crippen molar-refractivity contribution in [1.29, 1.82) is 0 Å². The molecule has 158 valence electrons. The Bertz CT molecular complexity index is 659. The summed E-state index contributed by atoms with van der Waals surface area (Å²) in [5, 5.41) is 22.5. The maximum Gasteiger partial charge on any atom is 0.302 e. The lowest BCUT2D eigenvalue weighted by atomic mass is 9.43. The van der Waals surface area contributed by atoms with Gasteiger partial charge in [-0.25, -0.2) is 0 Å². The minimum Gasteiger partial charge on any atom is -0.463 e. The normalized spacial score (nSPS) is 52.9. The van der Waals surface area contributed by atoms with E-state index in [0.29, 0.717) is 24.2 Å². The SMILES string of the molecule is C=C(C)[C@H]1CCC2C3C(CC[C@@]21C)[C@@]1(C)CC[C@H](OC(C)=O)CC1[C@@H](O)[C@@H]3O. The number of esters is 1. The highest BCUT2D eigenvalue weighted by molar-refractivity contribution is 5.66. The molecule has 0 saturated heterocycles. The first-order valence-electron chi connectivity index (χ1n) is 11.3. The van der Waals surface area contributed by atoms with Gasteiger partial charge in [-0.1, -0.05) is 26.0 Å². The van der Waals surface area contributed by atoms with Crippen LogP contribution in [0.4, 0.5) is 0 Å². The second-order valence-electron chi connectivity index (χ2n) is 10.9. The Kier molecular flexibility index (Phi) is 4.98. The van der Waals surface area contributed by atoms with Crippen molar-refractivity contribution in [3.63, 3.8) is 0 Å². The molecule has 0 heterocycles. The van der Waals surface area contributed by atoms with E-state index in [4.69, 9.17) is 4.74 Å². The Balaban J connectivity index is 1.64. The van der Waals surface area contributed by atoms with Crippen LogP contribution >= 0.6 is 0 Å². The number of carbonyl (C=O) groups is 1. The van der Waals surface area contributed by atoms with Gasteiger partial charge >= 0.3 is 5.97 Å². The summed E-state index contributed by atoms with van der Waals surface area (Å²) in [6.07, 6.45) is 5.60. The summed E-state index contributed by atoms with van der Waals surface area (Å²) in [5.74, 6) is 1.36. The van der Waals surface area contributed by atoms with Gasteiger partial charge in [0.05, 0.1) is 12.2 Å². The monoisotopic (exact) mass is 390 g/mol. The van der Waals surface area contributed by atoms with Crippen LogP contribution < -0.4 is 0 Å². The fraction of sp³-hybridized carbons (Fsp3) is 0.875. The number of ether oxygens (including phenoxy) is 1. The fourth-order valence-electron chi connectivity index (χ4n) is 8.37. The number of aliphatic hydroxyl groups is 2. The summed E-state index contributed by atoms with van der Waals surface area (Å²) < 4.78 is 5.49. The van der Waals surface area contributed by atoms with Crippen molar-refractivity contribution in [3.05, 3.63) is 12.2 Å². The van der Waals surface area contributed by atoms with E-state index in [1.165, 1.54) is 18.9 Å². The average Bonchev–Trinajstić information content (AvgIpc) is 2.97. The highest BCUT2D eigenvalue weighted by atomic mass is 16.5. The summed E-state index contributed by atoms with van der Waals surface area (Å²) in [6, 6.07) is 0. The molecule has 4 aliphatic rings. The van der Waals surface area contributed by atoms with E-state index < -0.39 is 12.2 Å². The quantitative estimate of drug-likeness (QED) is 0.550. The van der Waals surface area contributed by atoms with Crippen molar-refractivity contribution in [1.82, 2.24) is 0 Å². The average molecular weight is 391 g/mol. The summed E-state index contributed by atoms with van der Waals surface area (Å²) in [7, 11) is 0. The minimum absolute atomic E-state index is 0.00421. The first kappa shape index (κ1) is 20.4. The Morgan fingerprint density at radius 1 is 0.929 bits per heavy atom. The van der Waals surface area contributed by atoms with E-state index in [1.807, 2.05) is 0 Å². The van der Waals surface area contributed by atoms with Crippen LogP contribution in [-0.2, 0) is 9.53 Å². The molecule has 0 amide bonds. The molecule has 4 heteroatoms. The number of aliphatic hydroxyl groups excluding tert-OH is 2. The maximum absolute atomic E-state index is 11.4. The minimum atomic E-state index is -0.726. The summed E-state index contributed by atoms with van der Waals surface area (Å²) in [4.78, 5) is 11.4. The third-order valence-corrected chi connectivity index (χ3v) is 9.63.